The van der Waals surface area contributed by atoms with Gasteiger partial charge in [-0.1, -0.05) is 30.3 Å². The van der Waals surface area contributed by atoms with Crippen molar-refractivity contribution >= 4 is 28.4 Å². The molecule has 0 atom stereocenters. The fourth-order valence-electron chi connectivity index (χ4n) is 3.49. The number of pyridine rings is 1. The van der Waals surface area contributed by atoms with E-state index in [1.807, 2.05) is 30.3 Å². The molecule has 0 spiro atoms. The SMILES string of the molecule is Cc1nc2nc(C)c(NC(=O)c3nn(Cc4ccccc4)c4ncccc34)c(=O)n2[nH]1. The van der Waals surface area contributed by atoms with Gasteiger partial charge in [-0.2, -0.15) is 14.6 Å². The smallest absolute Gasteiger partial charge is 0.298 e. The number of H-pyrrole nitrogens is 1. The molecular weight excluding hydrogens is 396 g/mol. The van der Waals surface area contributed by atoms with Crippen molar-refractivity contribution in [3.63, 3.8) is 0 Å². The van der Waals surface area contributed by atoms with Crippen molar-refractivity contribution in [2.75, 3.05) is 5.32 Å². The molecule has 4 heterocycles. The molecule has 5 aromatic rings. The van der Waals surface area contributed by atoms with Crippen LogP contribution in [-0.2, 0) is 6.54 Å². The molecule has 154 valence electrons. The van der Waals surface area contributed by atoms with Crippen molar-refractivity contribution in [1.29, 1.82) is 0 Å². The Morgan fingerprint density at radius 3 is 2.71 bits per heavy atom. The van der Waals surface area contributed by atoms with Gasteiger partial charge >= 0.3 is 0 Å². The Hall–Kier alpha value is -4.34. The van der Waals surface area contributed by atoms with E-state index in [1.165, 1.54) is 4.52 Å². The molecule has 0 aliphatic carbocycles. The molecule has 10 heteroatoms. The molecule has 1 aromatic carbocycles. The van der Waals surface area contributed by atoms with Gasteiger partial charge in [-0.05, 0) is 31.5 Å². The van der Waals surface area contributed by atoms with Crippen molar-refractivity contribution in [1.82, 2.24) is 34.3 Å². The molecule has 0 bridgehead atoms. The summed E-state index contributed by atoms with van der Waals surface area (Å²) in [6.07, 6.45) is 1.65. The predicted octanol–water partition coefficient (Wildman–Crippen LogP) is 2.08. The molecule has 0 radical (unpaired) electrons. The minimum atomic E-state index is -0.511. The Bertz CT molecular complexity index is 1500. The molecule has 2 N–H and O–H groups in total. The Balaban J connectivity index is 1.55. The van der Waals surface area contributed by atoms with E-state index in [-0.39, 0.29) is 17.2 Å². The maximum atomic E-state index is 13.1. The highest BCUT2D eigenvalue weighted by Gasteiger charge is 2.21. The zero-order chi connectivity index (χ0) is 21.5. The Kier molecular flexibility index (Phi) is 4.32. The zero-order valence-corrected chi connectivity index (χ0v) is 16.8. The first kappa shape index (κ1) is 18.7. The maximum Gasteiger partial charge on any atom is 0.298 e. The number of fused-ring (bicyclic) bond motifs is 2. The van der Waals surface area contributed by atoms with Crippen LogP contribution in [-0.4, -0.2) is 40.3 Å². The summed E-state index contributed by atoms with van der Waals surface area (Å²) in [7, 11) is 0. The fourth-order valence-corrected chi connectivity index (χ4v) is 3.49. The molecule has 0 saturated heterocycles. The number of anilines is 1. The van der Waals surface area contributed by atoms with E-state index in [9.17, 15) is 9.59 Å². The number of aromatic nitrogens is 7. The topological polar surface area (TPSA) is 123 Å². The van der Waals surface area contributed by atoms with Crippen molar-refractivity contribution in [3.8, 4) is 0 Å². The third kappa shape index (κ3) is 3.23. The summed E-state index contributed by atoms with van der Waals surface area (Å²) in [6, 6.07) is 13.3. The number of hydrogen-bond acceptors (Lipinski definition) is 6. The number of benzene rings is 1. The van der Waals surface area contributed by atoms with E-state index >= 15 is 0 Å². The van der Waals surface area contributed by atoms with Gasteiger partial charge < -0.3 is 5.32 Å². The van der Waals surface area contributed by atoms with Crippen molar-refractivity contribution in [3.05, 3.63) is 81.8 Å². The summed E-state index contributed by atoms with van der Waals surface area (Å²) in [6.45, 7) is 3.83. The molecule has 10 nitrogen and oxygen atoms in total. The number of nitrogens with zero attached hydrogens (tertiary/aromatic N) is 6. The lowest BCUT2D eigenvalue weighted by atomic mass is 10.2. The maximum absolute atomic E-state index is 13.1. The van der Waals surface area contributed by atoms with Gasteiger partial charge in [0, 0.05) is 6.20 Å². The van der Waals surface area contributed by atoms with Gasteiger partial charge in [0.05, 0.1) is 17.6 Å². The third-order valence-electron chi connectivity index (χ3n) is 4.92. The number of rotatable bonds is 4. The minimum absolute atomic E-state index is 0.0702. The summed E-state index contributed by atoms with van der Waals surface area (Å²) in [4.78, 5) is 38.8. The predicted molar refractivity (Wildman–Crippen MR) is 114 cm³/mol. The molecule has 0 fully saturated rings. The Labute approximate surface area is 175 Å². The number of aryl methyl sites for hydroxylation is 2. The van der Waals surface area contributed by atoms with Crippen LogP contribution in [0.15, 0.2) is 53.5 Å². The van der Waals surface area contributed by atoms with Crippen molar-refractivity contribution in [2.45, 2.75) is 20.4 Å². The molecular formula is C21H18N8O2. The van der Waals surface area contributed by atoms with Crippen molar-refractivity contribution in [2.24, 2.45) is 0 Å². The normalized spacial score (nSPS) is 11.3. The highest BCUT2D eigenvalue weighted by Crippen LogP contribution is 2.19. The van der Waals surface area contributed by atoms with Crippen LogP contribution in [0.1, 0.15) is 27.6 Å². The average Bonchev–Trinajstić information content (AvgIpc) is 3.32. The van der Waals surface area contributed by atoms with Gasteiger partial charge in [-0.15, -0.1) is 0 Å². The van der Waals surface area contributed by atoms with Gasteiger partial charge in [0.2, 0.25) is 0 Å². The quantitative estimate of drug-likeness (QED) is 0.464. The number of aromatic amines is 1. The van der Waals surface area contributed by atoms with Crippen molar-refractivity contribution < 1.29 is 4.79 Å². The lowest BCUT2D eigenvalue weighted by Gasteiger charge is -2.06. The van der Waals surface area contributed by atoms with Crippen LogP contribution in [0.25, 0.3) is 16.8 Å². The first-order valence-electron chi connectivity index (χ1n) is 9.64. The van der Waals surface area contributed by atoms with Gasteiger partial charge in [0.25, 0.3) is 17.2 Å². The second kappa shape index (κ2) is 7.17. The van der Waals surface area contributed by atoms with Gasteiger partial charge in [0.15, 0.2) is 11.3 Å². The molecule has 0 unspecified atom stereocenters. The van der Waals surface area contributed by atoms with E-state index in [1.54, 1.807) is 36.9 Å². The van der Waals surface area contributed by atoms with E-state index in [4.69, 9.17) is 0 Å². The van der Waals surface area contributed by atoms with Gasteiger partial charge in [-0.3, -0.25) is 14.7 Å². The molecule has 1 amide bonds. The average molecular weight is 414 g/mol. The molecule has 0 aliphatic heterocycles. The van der Waals surface area contributed by atoms with Crippen LogP contribution in [0.2, 0.25) is 0 Å². The van der Waals surface area contributed by atoms with Crippen LogP contribution in [0.5, 0.6) is 0 Å². The summed E-state index contributed by atoms with van der Waals surface area (Å²) < 4.78 is 2.88. The van der Waals surface area contributed by atoms with Crippen LogP contribution in [0.3, 0.4) is 0 Å². The summed E-state index contributed by atoms with van der Waals surface area (Å²) in [5.41, 5.74) is 1.80. The number of amides is 1. The Morgan fingerprint density at radius 2 is 1.90 bits per heavy atom. The molecule has 0 aliphatic rings. The molecule has 5 rings (SSSR count). The number of carbonyl (C=O) groups is 1. The number of hydrogen-bond donors (Lipinski definition) is 2. The van der Waals surface area contributed by atoms with Gasteiger partial charge in [0.1, 0.15) is 11.5 Å². The third-order valence-corrected chi connectivity index (χ3v) is 4.92. The first-order chi connectivity index (χ1) is 15.0. The molecule has 0 saturated carbocycles. The van der Waals surface area contributed by atoms with E-state index in [0.717, 1.165) is 5.56 Å². The lowest BCUT2D eigenvalue weighted by molar-refractivity contribution is 0.102. The van der Waals surface area contributed by atoms with Crippen LogP contribution >= 0.6 is 0 Å². The van der Waals surface area contributed by atoms with E-state index in [2.05, 4.69) is 30.5 Å². The molecule has 31 heavy (non-hydrogen) atoms. The Morgan fingerprint density at radius 1 is 1.10 bits per heavy atom. The molecule has 4 aromatic heterocycles. The minimum Gasteiger partial charge on any atom is -0.314 e. The number of nitrogens with one attached hydrogen (secondary N) is 2. The second-order valence-electron chi connectivity index (χ2n) is 7.14. The summed E-state index contributed by atoms with van der Waals surface area (Å²) >= 11 is 0. The monoisotopic (exact) mass is 414 g/mol. The first-order valence-corrected chi connectivity index (χ1v) is 9.64. The van der Waals surface area contributed by atoms with Crippen LogP contribution in [0.4, 0.5) is 5.69 Å². The summed E-state index contributed by atoms with van der Waals surface area (Å²) in [5.74, 6) is 0.284. The second-order valence-corrected chi connectivity index (χ2v) is 7.14. The highest BCUT2D eigenvalue weighted by molar-refractivity contribution is 6.10. The largest absolute Gasteiger partial charge is 0.314 e. The fraction of sp³-hybridized carbons (Fsp3) is 0.143. The van der Waals surface area contributed by atoms with Gasteiger partial charge in [-0.25, -0.2) is 14.6 Å². The van der Waals surface area contributed by atoms with Crippen LogP contribution < -0.4 is 10.9 Å². The highest BCUT2D eigenvalue weighted by atomic mass is 16.2. The van der Waals surface area contributed by atoms with Crippen LogP contribution in [0, 0.1) is 13.8 Å². The van der Waals surface area contributed by atoms with E-state index in [0.29, 0.717) is 29.1 Å². The standard InChI is InChI=1S/C21H18N8O2/c1-12-16(20(31)29-21(23-12)24-13(2)26-29)25-19(30)17-15-9-6-10-22-18(15)28(27-17)11-14-7-4-3-5-8-14/h3-10H,11H2,1-2H3,(H,25,30)(H,23,24,26). The van der Waals surface area contributed by atoms with E-state index < -0.39 is 11.5 Å². The summed E-state index contributed by atoms with van der Waals surface area (Å²) in [5, 5.41) is 10.6. The lowest BCUT2D eigenvalue weighted by Crippen LogP contribution is -2.25. The number of carbonyl (C=O) groups excluding carboxylic acids is 1. The zero-order valence-electron chi connectivity index (χ0n) is 16.8.